The summed E-state index contributed by atoms with van der Waals surface area (Å²) in [6.07, 6.45) is 6.43. The van der Waals surface area contributed by atoms with E-state index in [2.05, 4.69) is 30.9 Å². The highest BCUT2D eigenvalue weighted by atomic mass is 15.2. The molecule has 1 aliphatic carbocycles. The monoisotopic (exact) mass is 213 g/mol. The van der Waals surface area contributed by atoms with E-state index in [0.717, 1.165) is 19.6 Å². The third-order valence-electron chi connectivity index (χ3n) is 3.36. The van der Waals surface area contributed by atoms with Crippen LogP contribution in [0.15, 0.2) is 0 Å². The molecule has 3 nitrogen and oxygen atoms in total. The van der Waals surface area contributed by atoms with Crippen LogP contribution in [0.5, 0.6) is 0 Å². The zero-order chi connectivity index (χ0) is 11.3. The molecule has 0 spiro atoms. The molecule has 0 amide bonds. The molecule has 0 aliphatic heterocycles. The van der Waals surface area contributed by atoms with Crippen LogP contribution in [0, 0.1) is 0 Å². The highest BCUT2D eigenvalue weighted by molar-refractivity contribution is 4.89. The maximum Gasteiger partial charge on any atom is 0.0283 e. The number of nitrogens with two attached hydrogens (primary N) is 1. The molecule has 0 aromatic carbocycles. The van der Waals surface area contributed by atoms with Crippen molar-refractivity contribution in [2.75, 3.05) is 40.8 Å². The van der Waals surface area contributed by atoms with Crippen LogP contribution in [0.4, 0.5) is 0 Å². The first kappa shape index (κ1) is 12.9. The Bertz CT molecular complexity index is 174. The smallest absolute Gasteiger partial charge is 0.0283 e. The average molecular weight is 213 g/mol. The van der Waals surface area contributed by atoms with Gasteiger partial charge in [0, 0.05) is 25.2 Å². The van der Waals surface area contributed by atoms with E-state index < -0.39 is 0 Å². The second kappa shape index (κ2) is 5.83. The van der Waals surface area contributed by atoms with Gasteiger partial charge in [0.25, 0.3) is 0 Å². The van der Waals surface area contributed by atoms with E-state index in [1.807, 2.05) is 0 Å². The van der Waals surface area contributed by atoms with Crippen molar-refractivity contribution < 1.29 is 0 Å². The van der Waals surface area contributed by atoms with Gasteiger partial charge in [-0.1, -0.05) is 19.3 Å². The van der Waals surface area contributed by atoms with E-state index in [4.69, 9.17) is 5.73 Å². The second-order valence-corrected chi connectivity index (χ2v) is 5.46. The van der Waals surface area contributed by atoms with Gasteiger partial charge in [-0.25, -0.2) is 0 Å². The molecular formula is C12H27N3. The van der Waals surface area contributed by atoms with E-state index in [0.29, 0.717) is 0 Å². The van der Waals surface area contributed by atoms with Gasteiger partial charge in [-0.15, -0.1) is 0 Å². The Hall–Kier alpha value is -0.120. The Balaban J connectivity index is 2.25. The van der Waals surface area contributed by atoms with Gasteiger partial charge in [0.2, 0.25) is 0 Å². The molecule has 0 aromatic rings. The molecule has 0 unspecified atom stereocenters. The van der Waals surface area contributed by atoms with E-state index in [1.165, 1.54) is 32.1 Å². The van der Waals surface area contributed by atoms with Crippen molar-refractivity contribution in [3.63, 3.8) is 0 Å². The van der Waals surface area contributed by atoms with Crippen LogP contribution >= 0.6 is 0 Å². The molecule has 3 heteroatoms. The largest absolute Gasteiger partial charge is 0.324 e. The highest BCUT2D eigenvalue weighted by Gasteiger charge is 2.28. The van der Waals surface area contributed by atoms with Crippen molar-refractivity contribution in [2.45, 2.75) is 37.6 Å². The van der Waals surface area contributed by atoms with Gasteiger partial charge >= 0.3 is 0 Å². The summed E-state index contributed by atoms with van der Waals surface area (Å²) in [5.41, 5.74) is 6.51. The SMILES string of the molecule is CN(C)CCN(C)CC1(N)CCCCC1. The quantitative estimate of drug-likeness (QED) is 0.743. The lowest BCUT2D eigenvalue weighted by Gasteiger charge is -2.37. The van der Waals surface area contributed by atoms with Gasteiger partial charge < -0.3 is 15.5 Å². The summed E-state index contributed by atoms with van der Waals surface area (Å²) in [6.45, 7) is 3.29. The van der Waals surface area contributed by atoms with Crippen molar-refractivity contribution in [2.24, 2.45) is 5.73 Å². The van der Waals surface area contributed by atoms with Gasteiger partial charge in [-0.05, 0) is 34.0 Å². The maximum absolute atomic E-state index is 6.41. The fourth-order valence-corrected chi connectivity index (χ4v) is 2.40. The van der Waals surface area contributed by atoms with Gasteiger partial charge in [-0.2, -0.15) is 0 Å². The summed E-state index contributed by atoms with van der Waals surface area (Å²) in [7, 11) is 6.42. The van der Waals surface area contributed by atoms with Crippen molar-refractivity contribution in [1.29, 1.82) is 0 Å². The van der Waals surface area contributed by atoms with Gasteiger partial charge in [0.1, 0.15) is 0 Å². The Morgan fingerprint density at radius 1 is 1.00 bits per heavy atom. The summed E-state index contributed by atoms with van der Waals surface area (Å²) in [5.74, 6) is 0. The molecule has 1 rings (SSSR count). The van der Waals surface area contributed by atoms with Crippen LogP contribution < -0.4 is 5.73 Å². The molecule has 0 radical (unpaired) electrons. The maximum atomic E-state index is 6.41. The van der Waals surface area contributed by atoms with Crippen LogP contribution in [0.25, 0.3) is 0 Å². The summed E-state index contributed by atoms with van der Waals surface area (Å²) in [6, 6.07) is 0. The van der Waals surface area contributed by atoms with Crippen LogP contribution in [0.2, 0.25) is 0 Å². The predicted molar refractivity (Wildman–Crippen MR) is 66.1 cm³/mol. The molecule has 0 atom stereocenters. The van der Waals surface area contributed by atoms with E-state index in [1.54, 1.807) is 0 Å². The van der Waals surface area contributed by atoms with Gasteiger partial charge in [0.15, 0.2) is 0 Å². The first-order valence-corrected chi connectivity index (χ1v) is 6.14. The Morgan fingerprint density at radius 2 is 1.60 bits per heavy atom. The lowest BCUT2D eigenvalue weighted by molar-refractivity contribution is 0.187. The lowest BCUT2D eigenvalue weighted by Crippen LogP contribution is -2.51. The molecule has 2 N–H and O–H groups in total. The Kier molecular flexibility index (Phi) is 5.03. The average Bonchev–Trinajstić information content (AvgIpc) is 2.15. The number of likely N-dealkylation sites (N-methyl/N-ethyl adjacent to an activating group) is 2. The van der Waals surface area contributed by atoms with Gasteiger partial charge in [-0.3, -0.25) is 0 Å². The van der Waals surface area contributed by atoms with Crippen LogP contribution in [0.3, 0.4) is 0 Å². The zero-order valence-electron chi connectivity index (χ0n) is 10.6. The van der Waals surface area contributed by atoms with Crippen molar-refractivity contribution in [1.82, 2.24) is 9.80 Å². The zero-order valence-corrected chi connectivity index (χ0v) is 10.6. The normalized spacial score (nSPS) is 21.2. The summed E-state index contributed by atoms with van der Waals surface area (Å²) < 4.78 is 0. The van der Waals surface area contributed by atoms with Gasteiger partial charge in [0.05, 0.1) is 0 Å². The molecule has 1 fully saturated rings. The van der Waals surface area contributed by atoms with Crippen LogP contribution in [-0.4, -0.2) is 56.1 Å². The molecule has 0 saturated heterocycles. The fraction of sp³-hybridized carbons (Fsp3) is 1.00. The molecule has 0 bridgehead atoms. The standard InChI is InChI=1S/C12H27N3/c1-14(2)9-10-15(3)11-12(13)7-5-4-6-8-12/h4-11,13H2,1-3H3. The molecular weight excluding hydrogens is 186 g/mol. The fourth-order valence-electron chi connectivity index (χ4n) is 2.40. The van der Waals surface area contributed by atoms with Crippen molar-refractivity contribution in [3.8, 4) is 0 Å². The minimum absolute atomic E-state index is 0.0965. The molecule has 1 aliphatic rings. The third-order valence-corrected chi connectivity index (χ3v) is 3.36. The Labute approximate surface area is 94.6 Å². The minimum Gasteiger partial charge on any atom is -0.324 e. The van der Waals surface area contributed by atoms with Crippen molar-refractivity contribution in [3.05, 3.63) is 0 Å². The van der Waals surface area contributed by atoms with E-state index >= 15 is 0 Å². The minimum atomic E-state index is 0.0965. The molecule has 90 valence electrons. The topological polar surface area (TPSA) is 32.5 Å². The van der Waals surface area contributed by atoms with Crippen molar-refractivity contribution >= 4 is 0 Å². The summed E-state index contributed by atoms with van der Waals surface area (Å²) >= 11 is 0. The van der Waals surface area contributed by atoms with E-state index in [9.17, 15) is 0 Å². The molecule has 0 heterocycles. The summed E-state index contributed by atoms with van der Waals surface area (Å²) in [4.78, 5) is 4.60. The summed E-state index contributed by atoms with van der Waals surface area (Å²) in [5, 5.41) is 0. The molecule has 0 aromatic heterocycles. The third kappa shape index (κ3) is 4.96. The van der Waals surface area contributed by atoms with E-state index in [-0.39, 0.29) is 5.54 Å². The number of nitrogens with zero attached hydrogens (tertiary/aromatic N) is 2. The highest BCUT2D eigenvalue weighted by Crippen LogP contribution is 2.26. The first-order valence-electron chi connectivity index (χ1n) is 6.14. The number of rotatable bonds is 5. The first-order chi connectivity index (χ1) is 7.02. The Morgan fingerprint density at radius 3 is 2.13 bits per heavy atom. The number of hydrogen-bond acceptors (Lipinski definition) is 3. The van der Waals surface area contributed by atoms with Crippen LogP contribution in [-0.2, 0) is 0 Å². The number of hydrogen-bond donors (Lipinski definition) is 1. The molecule has 15 heavy (non-hydrogen) atoms. The lowest BCUT2D eigenvalue weighted by atomic mass is 9.82. The van der Waals surface area contributed by atoms with Crippen LogP contribution in [0.1, 0.15) is 32.1 Å². The second-order valence-electron chi connectivity index (χ2n) is 5.46. The predicted octanol–water partition coefficient (Wildman–Crippen LogP) is 1.14. The molecule has 1 saturated carbocycles.